The largest absolute Gasteiger partial charge is 0.508 e. The fraction of sp³-hybridized carbons (Fsp3) is 0.381. The third kappa shape index (κ3) is 7.14. The van der Waals surface area contributed by atoms with Crippen molar-refractivity contribution in [1.82, 2.24) is 10.2 Å². The zero-order valence-corrected chi connectivity index (χ0v) is 16.9. The quantitative estimate of drug-likeness (QED) is 0.491. The molecule has 0 aliphatic rings. The van der Waals surface area contributed by atoms with E-state index < -0.39 is 6.61 Å². The number of alkyl halides is 2. The van der Waals surface area contributed by atoms with E-state index in [9.17, 15) is 13.9 Å². The van der Waals surface area contributed by atoms with Gasteiger partial charge < -0.3 is 24.8 Å². The third-order valence-electron chi connectivity index (χ3n) is 4.20. The lowest BCUT2D eigenvalue weighted by Gasteiger charge is -2.22. The molecule has 0 amide bonds. The number of nitrogens with zero attached hydrogens (tertiary/aromatic N) is 2. The zero-order valence-electron chi connectivity index (χ0n) is 16.9. The maximum Gasteiger partial charge on any atom is 0.387 e. The fourth-order valence-electron chi connectivity index (χ4n) is 2.76. The molecule has 0 spiro atoms. The SMILES string of the molecule is CCNC(=NCCc1ccc(OC)cc1O)N(C)Cc1ccc(OC(F)F)cc1. The summed E-state index contributed by atoms with van der Waals surface area (Å²) in [4.78, 5) is 6.56. The van der Waals surface area contributed by atoms with Gasteiger partial charge in [0.05, 0.1) is 7.11 Å². The van der Waals surface area contributed by atoms with Gasteiger partial charge in [-0.15, -0.1) is 0 Å². The Balaban J connectivity index is 1.98. The second-order valence-corrected chi connectivity index (χ2v) is 6.36. The molecule has 29 heavy (non-hydrogen) atoms. The Morgan fingerprint density at radius 1 is 1.17 bits per heavy atom. The molecule has 0 aromatic heterocycles. The Bertz CT molecular complexity index is 798. The van der Waals surface area contributed by atoms with Gasteiger partial charge in [0.25, 0.3) is 0 Å². The molecular formula is C21H27F2N3O3. The highest BCUT2D eigenvalue weighted by Crippen LogP contribution is 2.23. The van der Waals surface area contributed by atoms with Crippen LogP contribution in [0.4, 0.5) is 8.78 Å². The highest BCUT2D eigenvalue weighted by molar-refractivity contribution is 5.79. The molecule has 0 aliphatic heterocycles. The summed E-state index contributed by atoms with van der Waals surface area (Å²) in [5.74, 6) is 1.64. The van der Waals surface area contributed by atoms with Crippen LogP contribution in [-0.2, 0) is 13.0 Å². The number of ether oxygens (including phenoxy) is 2. The Labute approximate surface area is 169 Å². The van der Waals surface area contributed by atoms with E-state index in [1.807, 2.05) is 24.9 Å². The van der Waals surface area contributed by atoms with Gasteiger partial charge in [-0.05, 0) is 42.7 Å². The Morgan fingerprint density at radius 3 is 2.45 bits per heavy atom. The normalized spacial score (nSPS) is 11.4. The summed E-state index contributed by atoms with van der Waals surface area (Å²) >= 11 is 0. The molecule has 158 valence electrons. The standard InChI is InChI=1S/C21H27F2N3O3/c1-4-24-21(25-12-11-16-7-10-18(28-3)13-19(16)27)26(2)14-15-5-8-17(9-6-15)29-20(22)23/h5-10,13,20,27H,4,11-12,14H2,1-3H3,(H,24,25). The second-order valence-electron chi connectivity index (χ2n) is 6.36. The maximum atomic E-state index is 12.2. The molecule has 0 radical (unpaired) electrons. The van der Waals surface area contributed by atoms with E-state index in [0.29, 0.717) is 37.8 Å². The number of phenols is 1. The molecule has 0 bridgehead atoms. The van der Waals surface area contributed by atoms with Gasteiger partial charge in [0.1, 0.15) is 17.2 Å². The lowest BCUT2D eigenvalue weighted by Crippen LogP contribution is -2.38. The number of aliphatic imine (C=N–C) groups is 1. The summed E-state index contributed by atoms with van der Waals surface area (Å²) in [6.45, 7) is 0.899. The fourth-order valence-corrected chi connectivity index (χ4v) is 2.76. The van der Waals surface area contributed by atoms with Gasteiger partial charge in [-0.2, -0.15) is 8.78 Å². The lowest BCUT2D eigenvalue weighted by atomic mass is 10.1. The highest BCUT2D eigenvalue weighted by atomic mass is 19.3. The number of aromatic hydroxyl groups is 1. The first-order valence-corrected chi connectivity index (χ1v) is 9.32. The molecule has 0 heterocycles. The predicted molar refractivity (Wildman–Crippen MR) is 109 cm³/mol. The smallest absolute Gasteiger partial charge is 0.387 e. The Kier molecular flexibility index (Phi) is 8.51. The first-order chi connectivity index (χ1) is 13.9. The molecular weight excluding hydrogens is 380 g/mol. The van der Waals surface area contributed by atoms with Gasteiger partial charge in [0, 0.05) is 32.7 Å². The number of hydrogen-bond acceptors (Lipinski definition) is 4. The summed E-state index contributed by atoms with van der Waals surface area (Å²) in [6.07, 6.45) is 0.582. The summed E-state index contributed by atoms with van der Waals surface area (Å²) in [6, 6.07) is 11.7. The molecule has 6 nitrogen and oxygen atoms in total. The number of hydrogen-bond donors (Lipinski definition) is 2. The van der Waals surface area contributed by atoms with Crippen LogP contribution in [0.1, 0.15) is 18.1 Å². The predicted octanol–water partition coefficient (Wildman–Crippen LogP) is 3.64. The van der Waals surface area contributed by atoms with E-state index >= 15 is 0 Å². The van der Waals surface area contributed by atoms with Crippen molar-refractivity contribution in [2.24, 2.45) is 4.99 Å². The molecule has 0 aliphatic carbocycles. The molecule has 2 N–H and O–H groups in total. The maximum absolute atomic E-state index is 12.2. The van der Waals surface area contributed by atoms with Crippen molar-refractivity contribution < 1.29 is 23.4 Å². The monoisotopic (exact) mass is 407 g/mol. The number of nitrogens with one attached hydrogen (secondary N) is 1. The number of benzene rings is 2. The molecule has 0 saturated carbocycles. The number of rotatable bonds is 9. The van der Waals surface area contributed by atoms with Gasteiger partial charge in [0.15, 0.2) is 5.96 Å². The summed E-state index contributed by atoms with van der Waals surface area (Å²) in [5.41, 5.74) is 1.73. The molecule has 2 aromatic rings. The van der Waals surface area contributed by atoms with Crippen LogP contribution in [0, 0.1) is 0 Å². The van der Waals surface area contributed by atoms with Crippen LogP contribution in [-0.4, -0.2) is 49.8 Å². The average Bonchev–Trinajstić information content (AvgIpc) is 2.69. The van der Waals surface area contributed by atoms with Crippen LogP contribution < -0.4 is 14.8 Å². The van der Waals surface area contributed by atoms with Crippen LogP contribution in [0.15, 0.2) is 47.5 Å². The number of methoxy groups -OCH3 is 1. The topological polar surface area (TPSA) is 66.3 Å². The number of halogens is 2. The molecule has 0 atom stereocenters. The van der Waals surface area contributed by atoms with Gasteiger partial charge in [-0.3, -0.25) is 4.99 Å². The lowest BCUT2D eigenvalue weighted by molar-refractivity contribution is -0.0498. The van der Waals surface area contributed by atoms with E-state index in [1.165, 1.54) is 12.1 Å². The van der Waals surface area contributed by atoms with Crippen LogP contribution in [0.2, 0.25) is 0 Å². The van der Waals surface area contributed by atoms with Crippen molar-refractivity contribution in [2.45, 2.75) is 26.5 Å². The minimum atomic E-state index is -2.83. The third-order valence-corrected chi connectivity index (χ3v) is 4.20. The molecule has 0 unspecified atom stereocenters. The molecule has 8 heteroatoms. The van der Waals surface area contributed by atoms with E-state index in [4.69, 9.17) is 4.74 Å². The first kappa shape index (κ1) is 22.3. The minimum absolute atomic E-state index is 0.131. The van der Waals surface area contributed by atoms with Crippen molar-refractivity contribution in [3.63, 3.8) is 0 Å². The molecule has 2 aromatic carbocycles. The number of guanidine groups is 1. The van der Waals surface area contributed by atoms with E-state index in [0.717, 1.165) is 11.1 Å². The minimum Gasteiger partial charge on any atom is -0.508 e. The van der Waals surface area contributed by atoms with Crippen molar-refractivity contribution >= 4 is 5.96 Å². The summed E-state index contributed by atoms with van der Waals surface area (Å²) < 4.78 is 34.0. The Hall–Kier alpha value is -3.03. The van der Waals surface area contributed by atoms with Crippen molar-refractivity contribution in [3.05, 3.63) is 53.6 Å². The van der Waals surface area contributed by atoms with Crippen LogP contribution in [0.25, 0.3) is 0 Å². The van der Waals surface area contributed by atoms with Crippen LogP contribution in [0.3, 0.4) is 0 Å². The summed E-state index contributed by atoms with van der Waals surface area (Å²) in [5, 5.41) is 13.3. The van der Waals surface area contributed by atoms with Gasteiger partial charge in [-0.25, -0.2) is 0 Å². The van der Waals surface area contributed by atoms with E-state index in [2.05, 4.69) is 15.0 Å². The Morgan fingerprint density at radius 2 is 1.86 bits per heavy atom. The van der Waals surface area contributed by atoms with Crippen molar-refractivity contribution in [1.29, 1.82) is 0 Å². The van der Waals surface area contributed by atoms with Crippen molar-refractivity contribution in [3.8, 4) is 17.2 Å². The van der Waals surface area contributed by atoms with Crippen LogP contribution >= 0.6 is 0 Å². The molecule has 0 saturated heterocycles. The van der Waals surface area contributed by atoms with Crippen molar-refractivity contribution in [2.75, 3.05) is 27.2 Å². The van der Waals surface area contributed by atoms with E-state index in [-0.39, 0.29) is 11.5 Å². The van der Waals surface area contributed by atoms with Gasteiger partial charge in [0.2, 0.25) is 0 Å². The summed E-state index contributed by atoms with van der Waals surface area (Å²) in [7, 11) is 3.45. The van der Waals surface area contributed by atoms with Gasteiger partial charge >= 0.3 is 6.61 Å². The average molecular weight is 407 g/mol. The first-order valence-electron chi connectivity index (χ1n) is 9.32. The zero-order chi connectivity index (χ0) is 21.2. The second kappa shape index (κ2) is 11.1. The highest BCUT2D eigenvalue weighted by Gasteiger charge is 2.09. The molecule has 2 rings (SSSR count). The molecule has 0 fully saturated rings. The van der Waals surface area contributed by atoms with E-state index in [1.54, 1.807) is 31.4 Å². The number of phenolic OH excluding ortho intramolecular Hbond substituents is 1. The van der Waals surface area contributed by atoms with Gasteiger partial charge in [-0.1, -0.05) is 18.2 Å². The van der Waals surface area contributed by atoms with Crippen LogP contribution in [0.5, 0.6) is 17.2 Å².